The van der Waals surface area contributed by atoms with Crippen LogP contribution in [0, 0.1) is 5.92 Å². The summed E-state index contributed by atoms with van der Waals surface area (Å²) in [7, 11) is 0. The molecule has 1 aliphatic heterocycles. The van der Waals surface area contributed by atoms with Gasteiger partial charge in [0.25, 0.3) is 0 Å². The lowest BCUT2D eigenvalue weighted by Crippen LogP contribution is -2.45. The SMILES string of the molecule is CC1CC2(CC2)NCC1I. The van der Waals surface area contributed by atoms with Crippen molar-refractivity contribution in [1.29, 1.82) is 0 Å². The second kappa shape index (κ2) is 2.34. The van der Waals surface area contributed by atoms with Crippen molar-refractivity contribution in [2.45, 2.75) is 35.6 Å². The summed E-state index contributed by atoms with van der Waals surface area (Å²) in [5.74, 6) is 0.935. The molecular weight excluding hydrogens is 237 g/mol. The first-order chi connectivity index (χ1) is 4.72. The van der Waals surface area contributed by atoms with Crippen LogP contribution >= 0.6 is 22.6 Å². The highest BCUT2D eigenvalue weighted by Crippen LogP contribution is 2.44. The summed E-state index contributed by atoms with van der Waals surface area (Å²) in [5.41, 5.74) is 0.626. The van der Waals surface area contributed by atoms with Gasteiger partial charge in [0.2, 0.25) is 0 Å². The third kappa shape index (κ3) is 1.20. The van der Waals surface area contributed by atoms with Gasteiger partial charge in [0, 0.05) is 16.0 Å². The summed E-state index contributed by atoms with van der Waals surface area (Å²) in [6.07, 6.45) is 4.28. The fourth-order valence-electron chi connectivity index (χ4n) is 1.86. The predicted octanol–water partition coefficient (Wildman–Crippen LogP) is 1.95. The minimum absolute atomic E-state index is 0.626. The fourth-order valence-corrected chi connectivity index (χ4v) is 2.34. The van der Waals surface area contributed by atoms with Gasteiger partial charge in [-0.2, -0.15) is 0 Å². The Balaban J connectivity index is 1.98. The Bertz CT molecular complexity index is 142. The van der Waals surface area contributed by atoms with E-state index in [1.165, 1.54) is 25.8 Å². The monoisotopic (exact) mass is 251 g/mol. The van der Waals surface area contributed by atoms with Gasteiger partial charge in [-0.1, -0.05) is 29.5 Å². The zero-order valence-electron chi connectivity index (χ0n) is 6.36. The van der Waals surface area contributed by atoms with Crippen LogP contribution in [0.2, 0.25) is 0 Å². The Morgan fingerprint density at radius 2 is 2.20 bits per heavy atom. The average Bonchev–Trinajstić information content (AvgIpc) is 2.62. The molecule has 2 unspecified atom stereocenters. The van der Waals surface area contributed by atoms with Gasteiger partial charge in [-0.15, -0.1) is 0 Å². The number of piperidine rings is 1. The normalized spacial score (nSPS) is 43.8. The van der Waals surface area contributed by atoms with E-state index >= 15 is 0 Å². The van der Waals surface area contributed by atoms with Crippen molar-refractivity contribution in [2.75, 3.05) is 6.54 Å². The van der Waals surface area contributed by atoms with Crippen molar-refractivity contribution in [3.8, 4) is 0 Å². The largest absolute Gasteiger partial charge is 0.310 e. The van der Waals surface area contributed by atoms with Crippen LogP contribution in [0.1, 0.15) is 26.2 Å². The van der Waals surface area contributed by atoms with Crippen LogP contribution in [-0.2, 0) is 0 Å². The number of alkyl halides is 1. The minimum atomic E-state index is 0.626. The number of nitrogens with one attached hydrogen (secondary N) is 1. The molecule has 2 heteroatoms. The summed E-state index contributed by atoms with van der Waals surface area (Å²) in [4.78, 5) is 0. The lowest BCUT2D eigenvalue weighted by Gasteiger charge is -2.32. The molecule has 1 saturated heterocycles. The van der Waals surface area contributed by atoms with Crippen molar-refractivity contribution in [1.82, 2.24) is 5.32 Å². The standard InChI is InChI=1S/C8H14IN/c1-6-4-8(2-3-8)10-5-7(6)9/h6-7,10H,2-5H2,1H3. The van der Waals surface area contributed by atoms with Crippen molar-refractivity contribution >= 4 is 22.6 Å². The number of hydrogen-bond acceptors (Lipinski definition) is 1. The highest BCUT2D eigenvalue weighted by Gasteiger charge is 2.46. The maximum Gasteiger partial charge on any atom is 0.0261 e. The Labute approximate surface area is 76.1 Å². The van der Waals surface area contributed by atoms with E-state index in [4.69, 9.17) is 0 Å². The maximum absolute atomic E-state index is 3.64. The first kappa shape index (κ1) is 7.35. The van der Waals surface area contributed by atoms with Crippen LogP contribution in [0.4, 0.5) is 0 Å². The van der Waals surface area contributed by atoms with E-state index in [-0.39, 0.29) is 0 Å². The Kier molecular flexibility index (Phi) is 1.72. The molecular formula is C8H14IN. The van der Waals surface area contributed by atoms with Gasteiger partial charge in [0.15, 0.2) is 0 Å². The Hall–Kier alpha value is 0.690. The van der Waals surface area contributed by atoms with Gasteiger partial charge < -0.3 is 5.32 Å². The topological polar surface area (TPSA) is 12.0 Å². The van der Waals surface area contributed by atoms with Crippen LogP contribution in [0.5, 0.6) is 0 Å². The summed E-state index contributed by atoms with van der Waals surface area (Å²) in [6, 6.07) is 0. The first-order valence-corrected chi connectivity index (χ1v) is 5.36. The molecule has 0 aromatic rings. The van der Waals surface area contributed by atoms with E-state index in [2.05, 4.69) is 34.8 Å². The molecule has 10 heavy (non-hydrogen) atoms. The van der Waals surface area contributed by atoms with Crippen molar-refractivity contribution in [2.24, 2.45) is 5.92 Å². The maximum atomic E-state index is 3.64. The van der Waals surface area contributed by atoms with Crippen LogP contribution in [0.3, 0.4) is 0 Å². The van der Waals surface area contributed by atoms with Gasteiger partial charge in [0.05, 0.1) is 0 Å². The van der Waals surface area contributed by atoms with Crippen molar-refractivity contribution in [3.05, 3.63) is 0 Å². The minimum Gasteiger partial charge on any atom is -0.310 e. The molecule has 1 spiro atoms. The van der Waals surface area contributed by atoms with Crippen LogP contribution < -0.4 is 5.32 Å². The van der Waals surface area contributed by atoms with Gasteiger partial charge in [-0.25, -0.2) is 0 Å². The average molecular weight is 251 g/mol. The molecule has 58 valence electrons. The summed E-state index contributed by atoms with van der Waals surface area (Å²) < 4.78 is 0.865. The van der Waals surface area contributed by atoms with Gasteiger partial charge in [-0.3, -0.25) is 0 Å². The molecule has 0 aromatic heterocycles. The summed E-state index contributed by atoms with van der Waals surface area (Å²) in [6.45, 7) is 3.62. The van der Waals surface area contributed by atoms with Gasteiger partial charge >= 0.3 is 0 Å². The van der Waals surface area contributed by atoms with E-state index in [0.717, 1.165) is 9.84 Å². The lowest BCUT2D eigenvalue weighted by atomic mass is 9.93. The third-order valence-corrected chi connectivity index (χ3v) is 4.52. The molecule has 1 saturated carbocycles. The highest BCUT2D eigenvalue weighted by atomic mass is 127. The molecule has 0 aromatic carbocycles. The number of rotatable bonds is 0. The molecule has 0 amide bonds. The quantitative estimate of drug-likeness (QED) is 0.512. The molecule has 2 atom stereocenters. The molecule has 1 heterocycles. The molecule has 0 radical (unpaired) electrons. The van der Waals surface area contributed by atoms with Crippen LogP contribution in [-0.4, -0.2) is 16.0 Å². The second-order valence-electron chi connectivity index (χ2n) is 3.86. The first-order valence-electron chi connectivity index (χ1n) is 4.11. The van der Waals surface area contributed by atoms with E-state index in [0.29, 0.717) is 5.54 Å². The summed E-state index contributed by atoms with van der Waals surface area (Å²) >= 11 is 2.56. The molecule has 0 bridgehead atoms. The zero-order chi connectivity index (χ0) is 7.19. The van der Waals surface area contributed by atoms with E-state index in [1.54, 1.807) is 0 Å². The molecule has 1 nitrogen and oxygen atoms in total. The zero-order valence-corrected chi connectivity index (χ0v) is 8.52. The van der Waals surface area contributed by atoms with E-state index < -0.39 is 0 Å². The molecule has 1 aliphatic carbocycles. The smallest absolute Gasteiger partial charge is 0.0261 e. The van der Waals surface area contributed by atoms with E-state index in [9.17, 15) is 0 Å². The molecule has 2 aliphatic rings. The predicted molar refractivity (Wildman–Crippen MR) is 51.6 cm³/mol. The van der Waals surface area contributed by atoms with E-state index in [1.807, 2.05) is 0 Å². The Morgan fingerprint density at radius 1 is 1.50 bits per heavy atom. The molecule has 2 fully saturated rings. The van der Waals surface area contributed by atoms with Crippen molar-refractivity contribution < 1.29 is 0 Å². The number of halogens is 1. The van der Waals surface area contributed by atoms with Gasteiger partial charge in [0.1, 0.15) is 0 Å². The fraction of sp³-hybridized carbons (Fsp3) is 1.00. The third-order valence-electron chi connectivity index (χ3n) is 2.86. The number of hydrogen-bond donors (Lipinski definition) is 1. The molecule has 2 rings (SSSR count). The Morgan fingerprint density at radius 3 is 2.70 bits per heavy atom. The summed E-state index contributed by atoms with van der Waals surface area (Å²) in [5, 5.41) is 3.64. The molecule has 1 N–H and O–H groups in total. The second-order valence-corrected chi connectivity index (χ2v) is 5.46. The van der Waals surface area contributed by atoms with Crippen LogP contribution in [0.15, 0.2) is 0 Å². The van der Waals surface area contributed by atoms with Crippen LogP contribution in [0.25, 0.3) is 0 Å². The lowest BCUT2D eigenvalue weighted by molar-refractivity contribution is 0.321. The highest BCUT2D eigenvalue weighted by molar-refractivity contribution is 14.1. The van der Waals surface area contributed by atoms with Gasteiger partial charge in [-0.05, 0) is 25.2 Å². The van der Waals surface area contributed by atoms with Crippen molar-refractivity contribution in [3.63, 3.8) is 0 Å².